The Morgan fingerprint density at radius 3 is 2.26 bits per heavy atom. The van der Waals surface area contributed by atoms with Gasteiger partial charge < -0.3 is 5.32 Å². The molecule has 0 amide bonds. The average Bonchev–Trinajstić information content (AvgIpc) is 2.34. The molecule has 1 aromatic carbocycles. The van der Waals surface area contributed by atoms with Gasteiger partial charge in [0, 0.05) is 23.7 Å². The summed E-state index contributed by atoms with van der Waals surface area (Å²) >= 11 is 0. The molecule has 1 nitrogen and oxygen atoms in total. The number of hydrogen-bond acceptors (Lipinski definition) is 1. The third-order valence-corrected chi connectivity index (χ3v) is 3.03. The zero-order valence-electron chi connectivity index (χ0n) is 11.4. The largest absolute Gasteiger partial charge is 0.309 e. The second-order valence-electron chi connectivity index (χ2n) is 4.60. The summed E-state index contributed by atoms with van der Waals surface area (Å²) in [6.07, 6.45) is 2.03. The van der Waals surface area contributed by atoms with Gasteiger partial charge in [0.05, 0.1) is 0 Å². The van der Waals surface area contributed by atoms with Crippen LogP contribution in [0.3, 0.4) is 0 Å². The van der Waals surface area contributed by atoms with Gasteiger partial charge in [-0.2, -0.15) is 0 Å². The van der Waals surface area contributed by atoms with E-state index in [0.29, 0.717) is 25.1 Å². The summed E-state index contributed by atoms with van der Waals surface area (Å²) in [5.74, 6) is -2.60. The molecule has 1 rings (SSSR count). The fourth-order valence-electron chi connectivity index (χ4n) is 1.91. The van der Waals surface area contributed by atoms with Gasteiger partial charge in [-0.05, 0) is 25.8 Å². The van der Waals surface area contributed by atoms with Crippen molar-refractivity contribution in [2.75, 3.05) is 6.54 Å². The molecule has 0 aliphatic rings. The van der Waals surface area contributed by atoms with Gasteiger partial charge in [0.15, 0.2) is 0 Å². The van der Waals surface area contributed by atoms with Crippen molar-refractivity contribution in [1.82, 2.24) is 5.32 Å². The molecular weight excluding hydrogens is 251 g/mol. The van der Waals surface area contributed by atoms with Crippen molar-refractivity contribution in [3.05, 3.63) is 47.3 Å². The lowest BCUT2D eigenvalue weighted by Crippen LogP contribution is -2.24. The number of benzene rings is 1. The van der Waals surface area contributed by atoms with Crippen molar-refractivity contribution in [3.63, 3.8) is 0 Å². The normalized spacial score (nSPS) is 12.5. The number of rotatable bonds is 7. The van der Waals surface area contributed by atoms with Crippen LogP contribution in [0.4, 0.5) is 13.2 Å². The molecule has 0 aliphatic heterocycles. The molecule has 1 N–H and O–H groups in total. The minimum absolute atomic E-state index is 0.107. The number of nitrogens with one attached hydrogen (secondary N) is 1. The van der Waals surface area contributed by atoms with Gasteiger partial charge in [-0.15, -0.1) is 0 Å². The molecule has 0 radical (unpaired) electrons. The summed E-state index contributed by atoms with van der Waals surface area (Å²) < 4.78 is 40.5. The monoisotopic (exact) mass is 271 g/mol. The van der Waals surface area contributed by atoms with Crippen molar-refractivity contribution < 1.29 is 13.2 Å². The Morgan fingerprint density at radius 1 is 1.21 bits per heavy atom. The van der Waals surface area contributed by atoms with Gasteiger partial charge in [-0.3, -0.25) is 0 Å². The van der Waals surface area contributed by atoms with Crippen molar-refractivity contribution in [3.8, 4) is 0 Å². The first kappa shape index (κ1) is 15.8. The van der Waals surface area contributed by atoms with Crippen LogP contribution in [0.5, 0.6) is 0 Å². The van der Waals surface area contributed by atoms with Crippen molar-refractivity contribution in [1.29, 1.82) is 0 Å². The fraction of sp³-hybridized carbons (Fsp3) is 0.467. The Bertz CT molecular complexity index is 420. The van der Waals surface area contributed by atoms with E-state index in [1.807, 2.05) is 13.8 Å². The third kappa shape index (κ3) is 4.39. The van der Waals surface area contributed by atoms with Crippen LogP contribution in [0.1, 0.15) is 44.7 Å². The quantitative estimate of drug-likeness (QED) is 0.720. The molecule has 4 heteroatoms. The number of hydrogen-bond donors (Lipinski definition) is 1. The van der Waals surface area contributed by atoms with Gasteiger partial charge in [0.25, 0.3) is 0 Å². The molecule has 0 saturated carbocycles. The van der Waals surface area contributed by atoms with Gasteiger partial charge in [0.2, 0.25) is 0 Å². The smallest absolute Gasteiger partial charge is 0.133 e. The molecule has 106 valence electrons. The molecule has 0 heterocycles. The van der Waals surface area contributed by atoms with E-state index in [1.165, 1.54) is 0 Å². The van der Waals surface area contributed by atoms with E-state index in [-0.39, 0.29) is 5.56 Å². The van der Waals surface area contributed by atoms with E-state index in [4.69, 9.17) is 0 Å². The lowest BCUT2D eigenvalue weighted by molar-refractivity contribution is 0.452. The molecule has 0 aromatic heterocycles. The molecule has 1 unspecified atom stereocenters. The summed E-state index contributed by atoms with van der Waals surface area (Å²) in [4.78, 5) is 0. The molecule has 0 fully saturated rings. The Balaban J connectivity index is 3.05. The average molecular weight is 271 g/mol. The van der Waals surface area contributed by atoms with Crippen LogP contribution < -0.4 is 5.32 Å². The Labute approximate surface area is 112 Å². The van der Waals surface area contributed by atoms with Crippen LogP contribution in [0.25, 0.3) is 0 Å². The third-order valence-electron chi connectivity index (χ3n) is 3.03. The maximum atomic E-state index is 13.8. The predicted molar refractivity (Wildman–Crippen MR) is 71.4 cm³/mol. The molecule has 0 spiro atoms. The molecule has 1 atom stereocenters. The maximum absolute atomic E-state index is 13.8. The molecular formula is C15H20F3N. The van der Waals surface area contributed by atoms with Gasteiger partial charge in [0.1, 0.15) is 17.5 Å². The highest BCUT2D eigenvalue weighted by Gasteiger charge is 2.21. The summed E-state index contributed by atoms with van der Waals surface area (Å²) in [6, 6.07) is 0.926. The molecule has 19 heavy (non-hydrogen) atoms. The van der Waals surface area contributed by atoms with Crippen LogP contribution >= 0.6 is 0 Å². The predicted octanol–water partition coefficient (Wildman–Crippen LogP) is 4.50. The SMILES string of the molecule is C=C(CC)CC(NCCC)c1c(F)cc(F)cc1F. The first-order valence-electron chi connectivity index (χ1n) is 6.54. The van der Waals surface area contributed by atoms with Crippen molar-refractivity contribution in [2.45, 2.75) is 39.2 Å². The highest BCUT2D eigenvalue weighted by Crippen LogP contribution is 2.27. The molecule has 1 aromatic rings. The van der Waals surface area contributed by atoms with E-state index >= 15 is 0 Å². The van der Waals surface area contributed by atoms with E-state index in [2.05, 4.69) is 11.9 Å². The van der Waals surface area contributed by atoms with E-state index in [1.54, 1.807) is 0 Å². The van der Waals surface area contributed by atoms with Crippen LogP contribution in [-0.4, -0.2) is 6.54 Å². The highest BCUT2D eigenvalue weighted by atomic mass is 19.1. The summed E-state index contributed by atoms with van der Waals surface area (Å²) in [6.45, 7) is 8.41. The molecule has 0 bridgehead atoms. The zero-order valence-corrected chi connectivity index (χ0v) is 11.4. The van der Waals surface area contributed by atoms with Crippen LogP contribution in [0.15, 0.2) is 24.3 Å². The standard InChI is InChI=1S/C15H20F3N/c1-4-6-19-14(7-10(3)5-2)15-12(17)8-11(16)9-13(15)18/h8-9,14,19H,3-7H2,1-2H3. The minimum Gasteiger partial charge on any atom is -0.309 e. The Hall–Kier alpha value is -1.29. The maximum Gasteiger partial charge on any atom is 0.133 e. The summed E-state index contributed by atoms with van der Waals surface area (Å²) in [5.41, 5.74) is 0.793. The zero-order chi connectivity index (χ0) is 14.4. The van der Waals surface area contributed by atoms with Gasteiger partial charge in [-0.25, -0.2) is 13.2 Å². The second-order valence-corrected chi connectivity index (χ2v) is 4.60. The lowest BCUT2D eigenvalue weighted by Gasteiger charge is -2.21. The van der Waals surface area contributed by atoms with Gasteiger partial charge in [-0.1, -0.05) is 26.0 Å². The Kier molecular flexibility index (Phi) is 6.09. The van der Waals surface area contributed by atoms with E-state index in [0.717, 1.165) is 18.4 Å². The van der Waals surface area contributed by atoms with Crippen LogP contribution in [-0.2, 0) is 0 Å². The first-order chi connectivity index (χ1) is 8.99. The van der Waals surface area contributed by atoms with Crippen molar-refractivity contribution >= 4 is 0 Å². The van der Waals surface area contributed by atoms with Crippen LogP contribution in [0, 0.1) is 17.5 Å². The summed E-state index contributed by atoms with van der Waals surface area (Å²) in [5, 5.41) is 3.09. The molecule has 0 saturated heterocycles. The van der Waals surface area contributed by atoms with Crippen LogP contribution in [0.2, 0.25) is 0 Å². The fourth-order valence-corrected chi connectivity index (χ4v) is 1.91. The molecule has 0 aliphatic carbocycles. The van der Waals surface area contributed by atoms with Crippen molar-refractivity contribution in [2.24, 2.45) is 0 Å². The van der Waals surface area contributed by atoms with E-state index in [9.17, 15) is 13.2 Å². The lowest BCUT2D eigenvalue weighted by atomic mass is 9.97. The first-order valence-corrected chi connectivity index (χ1v) is 6.54. The summed E-state index contributed by atoms with van der Waals surface area (Å²) in [7, 11) is 0. The highest BCUT2D eigenvalue weighted by molar-refractivity contribution is 5.25. The number of halogens is 3. The van der Waals surface area contributed by atoms with E-state index < -0.39 is 23.5 Å². The van der Waals surface area contributed by atoms with Gasteiger partial charge >= 0.3 is 0 Å². The second kappa shape index (κ2) is 7.34. The minimum atomic E-state index is -0.901. The topological polar surface area (TPSA) is 12.0 Å². The Morgan fingerprint density at radius 2 is 1.79 bits per heavy atom.